The summed E-state index contributed by atoms with van der Waals surface area (Å²) in [6.45, 7) is 11.4. The molecule has 0 saturated heterocycles. The third-order valence-corrected chi connectivity index (χ3v) is 7.15. The van der Waals surface area contributed by atoms with Crippen LogP contribution >= 0.6 is 23.4 Å². The molecule has 0 spiro atoms. The summed E-state index contributed by atoms with van der Waals surface area (Å²) in [5, 5.41) is 10.6. The van der Waals surface area contributed by atoms with Crippen molar-refractivity contribution in [1.82, 2.24) is 4.90 Å². The molecule has 186 valence electrons. The first-order valence-corrected chi connectivity index (χ1v) is 12.8. The van der Waals surface area contributed by atoms with Crippen molar-refractivity contribution < 1.29 is 19.4 Å². The summed E-state index contributed by atoms with van der Waals surface area (Å²) in [5.41, 5.74) is 0.978. The first-order valence-electron chi connectivity index (χ1n) is 11.5. The van der Waals surface area contributed by atoms with Crippen LogP contribution in [-0.4, -0.2) is 54.4 Å². The van der Waals surface area contributed by atoms with Gasteiger partial charge in [-0.25, -0.2) is 0 Å². The molecule has 0 radical (unpaired) electrons. The van der Waals surface area contributed by atoms with Crippen molar-refractivity contribution in [2.24, 2.45) is 0 Å². The van der Waals surface area contributed by atoms with Gasteiger partial charge in [-0.3, -0.25) is 14.6 Å². The standard InChI is InChI=1S/C26H35ClN2O4S/c1-17(2)28(16-26(4,5)31)12-7-13-33-23-11-9-20(32-6)15-21(23)25-29(18(3)30)22-10-8-19(27)14-24(22)34-25/h8-11,14-15,17,25,31H,7,12-13,16H2,1-6H3. The van der Waals surface area contributed by atoms with Crippen LogP contribution in [0.25, 0.3) is 0 Å². The summed E-state index contributed by atoms with van der Waals surface area (Å²) in [5.74, 6) is 1.38. The Labute approximate surface area is 212 Å². The Kier molecular flexibility index (Phi) is 8.79. The van der Waals surface area contributed by atoms with Crippen molar-refractivity contribution in [1.29, 1.82) is 0 Å². The lowest BCUT2D eigenvalue weighted by molar-refractivity contribution is -0.116. The Morgan fingerprint density at radius 2 is 2.00 bits per heavy atom. The number of carbonyl (C=O) groups is 1. The van der Waals surface area contributed by atoms with Gasteiger partial charge in [0.2, 0.25) is 5.91 Å². The fourth-order valence-corrected chi connectivity index (χ4v) is 5.70. The van der Waals surface area contributed by atoms with Crippen LogP contribution in [0.15, 0.2) is 41.3 Å². The number of thioether (sulfide) groups is 1. The van der Waals surface area contributed by atoms with Crippen LogP contribution in [0.3, 0.4) is 0 Å². The van der Waals surface area contributed by atoms with Gasteiger partial charge >= 0.3 is 0 Å². The van der Waals surface area contributed by atoms with Crippen LogP contribution < -0.4 is 14.4 Å². The van der Waals surface area contributed by atoms with E-state index in [2.05, 4.69) is 18.7 Å². The van der Waals surface area contributed by atoms with Crippen LogP contribution in [-0.2, 0) is 4.79 Å². The first-order chi connectivity index (χ1) is 16.0. The molecule has 2 aromatic rings. The summed E-state index contributed by atoms with van der Waals surface area (Å²) in [4.78, 5) is 17.6. The van der Waals surface area contributed by atoms with Crippen LogP contribution in [0.1, 0.15) is 52.0 Å². The average Bonchev–Trinajstić information content (AvgIpc) is 3.13. The number of aliphatic hydroxyl groups is 1. The van der Waals surface area contributed by atoms with E-state index in [1.54, 1.807) is 36.8 Å². The highest BCUT2D eigenvalue weighted by Gasteiger charge is 2.36. The highest BCUT2D eigenvalue weighted by molar-refractivity contribution is 8.00. The molecule has 1 N–H and O–H groups in total. The summed E-state index contributed by atoms with van der Waals surface area (Å²) in [6.07, 6.45) is 0.809. The van der Waals surface area contributed by atoms with Crippen molar-refractivity contribution >= 4 is 35.0 Å². The number of amides is 1. The van der Waals surface area contributed by atoms with E-state index in [9.17, 15) is 9.90 Å². The number of halogens is 1. The summed E-state index contributed by atoms with van der Waals surface area (Å²) >= 11 is 7.79. The number of nitrogens with zero attached hydrogens (tertiary/aromatic N) is 2. The molecule has 1 atom stereocenters. The Morgan fingerprint density at radius 1 is 1.26 bits per heavy atom. The van der Waals surface area contributed by atoms with E-state index < -0.39 is 5.60 Å². The Balaban J connectivity index is 1.79. The summed E-state index contributed by atoms with van der Waals surface area (Å²) in [6, 6.07) is 11.6. The van der Waals surface area contributed by atoms with E-state index >= 15 is 0 Å². The Hall–Kier alpha value is -1.93. The Bertz CT molecular complexity index is 1010. The lowest BCUT2D eigenvalue weighted by atomic mass is 10.1. The number of rotatable bonds is 10. The zero-order chi connectivity index (χ0) is 25.0. The highest BCUT2D eigenvalue weighted by atomic mass is 35.5. The van der Waals surface area contributed by atoms with E-state index in [4.69, 9.17) is 21.1 Å². The molecule has 1 amide bonds. The van der Waals surface area contributed by atoms with Gasteiger partial charge in [0.15, 0.2) is 0 Å². The molecule has 8 heteroatoms. The molecule has 2 aromatic carbocycles. The molecule has 0 aromatic heterocycles. The fraction of sp³-hybridized carbons (Fsp3) is 0.500. The van der Waals surface area contributed by atoms with Crippen LogP contribution in [0.2, 0.25) is 5.02 Å². The lowest BCUT2D eigenvalue weighted by Crippen LogP contribution is -2.43. The second-order valence-electron chi connectivity index (χ2n) is 9.45. The van der Waals surface area contributed by atoms with Crippen molar-refractivity contribution in [3.8, 4) is 11.5 Å². The summed E-state index contributed by atoms with van der Waals surface area (Å²) < 4.78 is 11.7. The maximum atomic E-state index is 12.6. The number of fused-ring (bicyclic) bond motifs is 1. The predicted molar refractivity (Wildman–Crippen MR) is 139 cm³/mol. The molecule has 1 unspecified atom stereocenters. The number of hydrogen-bond donors (Lipinski definition) is 1. The quantitative estimate of drug-likeness (QED) is 0.413. The number of ether oxygens (including phenoxy) is 2. The molecule has 34 heavy (non-hydrogen) atoms. The molecular formula is C26H35ClN2O4S. The number of hydrogen-bond acceptors (Lipinski definition) is 6. The topological polar surface area (TPSA) is 62.2 Å². The average molecular weight is 507 g/mol. The monoisotopic (exact) mass is 506 g/mol. The smallest absolute Gasteiger partial charge is 0.225 e. The van der Waals surface area contributed by atoms with Gasteiger partial charge in [-0.1, -0.05) is 23.4 Å². The molecule has 0 fully saturated rings. The third-order valence-electron chi connectivity index (χ3n) is 5.64. The zero-order valence-corrected chi connectivity index (χ0v) is 22.4. The van der Waals surface area contributed by atoms with Gasteiger partial charge < -0.3 is 14.6 Å². The maximum Gasteiger partial charge on any atom is 0.225 e. The zero-order valence-electron chi connectivity index (χ0n) is 20.8. The van der Waals surface area contributed by atoms with Gasteiger partial charge in [0.05, 0.1) is 25.0 Å². The number of benzene rings is 2. The van der Waals surface area contributed by atoms with E-state index in [0.29, 0.717) is 30.0 Å². The number of anilines is 1. The lowest BCUT2D eigenvalue weighted by Gasteiger charge is -2.32. The third kappa shape index (κ3) is 6.60. The van der Waals surface area contributed by atoms with E-state index in [1.165, 1.54) is 0 Å². The van der Waals surface area contributed by atoms with Crippen molar-refractivity contribution in [3.63, 3.8) is 0 Å². The Morgan fingerprint density at radius 3 is 2.62 bits per heavy atom. The SMILES string of the molecule is COc1ccc(OCCCN(CC(C)(C)O)C(C)C)c(C2Sc3cc(Cl)ccc3N2C(C)=O)c1. The van der Waals surface area contributed by atoms with Crippen LogP contribution in [0.4, 0.5) is 5.69 Å². The molecule has 0 saturated carbocycles. The van der Waals surface area contributed by atoms with E-state index in [1.807, 2.05) is 44.2 Å². The fourth-order valence-electron chi connectivity index (χ4n) is 4.06. The van der Waals surface area contributed by atoms with Gasteiger partial charge in [0.1, 0.15) is 16.9 Å². The molecule has 1 heterocycles. The highest BCUT2D eigenvalue weighted by Crippen LogP contribution is 2.54. The number of methoxy groups -OCH3 is 1. The molecule has 6 nitrogen and oxygen atoms in total. The normalized spacial score (nSPS) is 15.7. The molecule has 1 aliphatic rings. The second-order valence-corrected chi connectivity index (χ2v) is 11.0. The van der Waals surface area contributed by atoms with Crippen LogP contribution in [0.5, 0.6) is 11.5 Å². The molecular weight excluding hydrogens is 472 g/mol. The number of carbonyl (C=O) groups excluding carboxylic acids is 1. The minimum Gasteiger partial charge on any atom is -0.497 e. The predicted octanol–water partition coefficient (Wildman–Crippen LogP) is 5.76. The van der Waals surface area contributed by atoms with Gasteiger partial charge in [-0.15, -0.1) is 0 Å². The van der Waals surface area contributed by atoms with Gasteiger partial charge in [-0.05, 0) is 70.5 Å². The van der Waals surface area contributed by atoms with Gasteiger partial charge in [-0.2, -0.15) is 0 Å². The van der Waals surface area contributed by atoms with Crippen molar-refractivity contribution in [2.75, 3.05) is 31.7 Å². The van der Waals surface area contributed by atoms with E-state index in [0.717, 1.165) is 34.9 Å². The van der Waals surface area contributed by atoms with E-state index in [-0.39, 0.29) is 11.3 Å². The maximum absolute atomic E-state index is 12.6. The van der Waals surface area contributed by atoms with Crippen molar-refractivity contribution in [3.05, 3.63) is 47.0 Å². The van der Waals surface area contributed by atoms with Crippen LogP contribution in [0, 0.1) is 0 Å². The molecule has 1 aliphatic heterocycles. The van der Waals surface area contributed by atoms with Gasteiger partial charge in [0, 0.05) is 41.5 Å². The minimum atomic E-state index is -0.748. The van der Waals surface area contributed by atoms with Gasteiger partial charge in [0.25, 0.3) is 0 Å². The second kappa shape index (κ2) is 11.2. The molecule has 0 aliphatic carbocycles. The molecule has 0 bridgehead atoms. The van der Waals surface area contributed by atoms with Crippen molar-refractivity contribution in [2.45, 2.75) is 63.0 Å². The summed E-state index contributed by atoms with van der Waals surface area (Å²) in [7, 11) is 1.63. The minimum absolute atomic E-state index is 0.0495. The first kappa shape index (κ1) is 26.7. The molecule has 3 rings (SSSR count). The largest absolute Gasteiger partial charge is 0.497 e.